The number of likely N-dealkylation sites (N-methyl/N-ethyl adjacent to an activating group) is 1. The molecule has 0 bridgehead atoms. The quantitative estimate of drug-likeness (QED) is 0.868. The number of benzene rings is 1. The molecule has 1 aliphatic rings. The van der Waals surface area contributed by atoms with Gasteiger partial charge in [-0.1, -0.05) is 37.3 Å². The highest BCUT2D eigenvalue weighted by Gasteiger charge is 2.38. The van der Waals surface area contributed by atoms with Gasteiger partial charge in [-0.25, -0.2) is 0 Å². The van der Waals surface area contributed by atoms with Crippen LogP contribution in [0.3, 0.4) is 0 Å². The summed E-state index contributed by atoms with van der Waals surface area (Å²) in [6.07, 6.45) is 4.95. The van der Waals surface area contributed by atoms with Crippen LogP contribution >= 0.6 is 0 Å². The van der Waals surface area contributed by atoms with E-state index in [2.05, 4.69) is 42.2 Å². The smallest absolute Gasteiger partial charge is 0.0572 e. The highest BCUT2D eigenvalue weighted by Crippen LogP contribution is 2.35. The van der Waals surface area contributed by atoms with Crippen molar-refractivity contribution < 1.29 is 4.74 Å². The fourth-order valence-corrected chi connectivity index (χ4v) is 3.43. The van der Waals surface area contributed by atoms with E-state index < -0.39 is 0 Å². The van der Waals surface area contributed by atoms with Crippen LogP contribution in [0.25, 0.3) is 0 Å². The van der Waals surface area contributed by atoms with E-state index >= 15 is 0 Å². The maximum atomic E-state index is 6.17. The molecule has 1 saturated carbocycles. The lowest BCUT2D eigenvalue weighted by Crippen LogP contribution is -2.55. The van der Waals surface area contributed by atoms with Crippen molar-refractivity contribution in [3.8, 4) is 0 Å². The summed E-state index contributed by atoms with van der Waals surface area (Å²) in [4.78, 5) is 2.56. The Labute approximate surface area is 123 Å². The molecule has 3 heteroatoms. The van der Waals surface area contributed by atoms with Gasteiger partial charge in [0.25, 0.3) is 0 Å². The molecule has 0 radical (unpaired) electrons. The maximum absolute atomic E-state index is 6.17. The minimum absolute atomic E-state index is 0.152. The van der Waals surface area contributed by atoms with Crippen LogP contribution in [0.5, 0.6) is 0 Å². The van der Waals surface area contributed by atoms with E-state index in [1.807, 2.05) is 7.11 Å². The predicted octanol–water partition coefficient (Wildman–Crippen LogP) is 2.80. The summed E-state index contributed by atoms with van der Waals surface area (Å²) in [5, 5.41) is 0. The number of methoxy groups -OCH3 is 1. The highest BCUT2D eigenvalue weighted by molar-refractivity contribution is 5.15. The summed E-state index contributed by atoms with van der Waals surface area (Å²) in [5.41, 5.74) is 7.70. The van der Waals surface area contributed by atoms with E-state index in [9.17, 15) is 0 Å². The Hall–Kier alpha value is -0.900. The van der Waals surface area contributed by atoms with Crippen molar-refractivity contribution in [2.45, 2.75) is 50.8 Å². The van der Waals surface area contributed by atoms with Gasteiger partial charge in [0.1, 0.15) is 0 Å². The predicted molar refractivity (Wildman–Crippen MR) is 83.6 cm³/mol. The summed E-state index contributed by atoms with van der Waals surface area (Å²) >= 11 is 0. The second-order valence-corrected chi connectivity index (χ2v) is 5.86. The molecule has 0 heterocycles. The van der Waals surface area contributed by atoms with Crippen molar-refractivity contribution in [1.82, 2.24) is 4.90 Å². The van der Waals surface area contributed by atoms with Crippen molar-refractivity contribution >= 4 is 0 Å². The van der Waals surface area contributed by atoms with Gasteiger partial charge in [-0.15, -0.1) is 0 Å². The van der Waals surface area contributed by atoms with Crippen LogP contribution in [-0.2, 0) is 11.3 Å². The molecule has 2 rings (SSSR count). The molecule has 0 atom stereocenters. The molecule has 0 saturated heterocycles. The van der Waals surface area contributed by atoms with Gasteiger partial charge in [-0.05, 0) is 37.8 Å². The van der Waals surface area contributed by atoms with Gasteiger partial charge < -0.3 is 10.5 Å². The fraction of sp³-hybridized carbons (Fsp3) is 0.647. The van der Waals surface area contributed by atoms with E-state index in [4.69, 9.17) is 10.5 Å². The lowest BCUT2D eigenvalue weighted by Gasteiger charge is -2.47. The largest absolute Gasteiger partial charge is 0.381 e. The Morgan fingerprint density at radius 2 is 1.90 bits per heavy atom. The Balaban J connectivity index is 2.08. The Morgan fingerprint density at radius 1 is 1.25 bits per heavy atom. The second-order valence-electron chi connectivity index (χ2n) is 5.86. The number of ether oxygens (including phenoxy) is 1. The normalized spacial score (nSPS) is 26.9. The molecule has 0 aliphatic heterocycles. The number of rotatable bonds is 6. The summed E-state index contributed by atoms with van der Waals surface area (Å²) in [5.74, 6) is 0. The number of nitrogens with zero attached hydrogens (tertiary/aromatic N) is 1. The topological polar surface area (TPSA) is 38.5 Å². The van der Waals surface area contributed by atoms with E-state index in [-0.39, 0.29) is 5.54 Å². The second kappa shape index (κ2) is 7.21. The standard InChI is InChI=1S/C17H28N2O/c1-3-19(13-15-7-5-4-6-8-15)17(14-18)11-9-16(20-2)10-12-17/h4-8,16H,3,9-14,18H2,1-2H3. The van der Waals surface area contributed by atoms with Crippen molar-refractivity contribution in [1.29, 1.82) is 0 Å². The Bertz CT molecular complexity index is 385. The van der Waals surface area contributed by atoms with E-state index in [0.29, 0.717) is 6.10 Å². The van der Waals surface area contributed by atoms with Crippen molar-refractivity contribution in [2.24, 2.45) is 5.73 Å². The number of hydrogen-bond donors (Lipinski definition) is 1. The van der Waals surface area contributed by atoms with Crippen LogP contribution in [0.1, 0.15) is 38.2 Å². The molecule has 112 valence electrons. The molecule has 0 amide bonds. The minimum Gasteiger partial charge on any atom is -0.381 e. The van der Waals surface area contributed by atoms with Gasteiger partial charge >= 0.3 is 0 Å². The Morgan fingerprint density at radius 3 is 2.40 bits per heavy atom. The first-order valence-corrected chi connectivity index (χ1v) is 7.76. The molecular formula is C17H28N2O. The lowest BCUT2D eigenvalue weighted by atomic mass is 9.78. The van der Waals surface area contributed by atoms with Crippen LogP contribution in [-0.4, -0.2) is 36.7 Å². The molecule has 1 aliphatic carbocycles. The fourth-order valence-electron chi connectivity index (χ4n) is 3.43. The van der Waals surface area contributed by atoms with E-state index in [1.54, 1.807) is 0 Å². The molecule has 2 N–H and O–H groups in total. The molecule has 0 spiro atoms. The number of nitrogens with two attached hydrogens (primary N) is 1. The SMILES string of the molecule is CCN(Cc1ccccc1)C1(CN)CCC(OC)CC1. The van der Waals surface area contributed by atoms with Gasteiger partial charge in [0.2, 0.25) is 0 Å². The van der Waals surface area contributed by atoms with Crippen molar-refractivity contribution in [3.05, 3.63) is 35.9 Å². The van der Waals surface area contributed by atoms with Crippen LogP contribution in [0, 0.1) is 0 Å². The highest BCUT2D eigenvalue weighted by atomic mass is 16.5. The summed E-state index contributed by atoms with van der Waals surface area (Å²) in [7, 11) is 1.82. The van der Waals surface area contributed by atoms with Gasteiger partial charge in [-0.3, -0.25) is 4.90 Å². The van der Waals surface area contributed by atoms with Crippen LogP contribution in [0.2, 0.25) is 0 Å². The van der Waals surface area contributed by atoms with E-state index in [0.717, 1.165) is 45.3 Å². The third-order valence-electron chi connectivity index (χ3n) is 4.85. The zero-order valence-electron chi connectivity index (χ0n) is 12.8. The van der Waals surface area contributed by atoms with Crippen molar-refractivity contribution in [2.75, 3.05) is 20.2 Å². The van der Waals surface area contributed by atoms with Crippen LogP contribution in [0.15, 0.2) is 30.3 Å². The van der Waals surface area contributed by atoms with Gasteiger partial charge in [0.05, 0.1) is 6.10 Å². The zero-order valence-corrected chi connectivity index (χ0v) is 12.8. The molecule has 1 aromatic rings. The summed E-state index contributed by atoms with van der Waals surface area (Å²) in [6, 6.07) is 10.7. The lowest BCUT2D eigenvalue weighted by molar-refractivity contribution is -0.00854. The van der Waals surface area contributed by atoms with Crippen molar-refractivity contribution in [3.63, 3.8) is 0 Å². The molecule has 0 aromatic heterocycles. The maximum Gasteiger partial charge on any atom is 0.0572 e. The summed E-state index contributed by atoms with van der Waals surface area (Å²) < 4.78 is 5.50. The zero-order chi connectivity index (χ0) is 14.4. The Kier molecular flexibility index (Phi) is 5.58. The van der Waals surface area contributed by atoms with Crippen LogP contribution < -0.4 is 5.73 Å². The molecule has 1 aromatic carbocycles. The first-order chi connectivity index (χ1) is 9.74. The molecule has 20 heavy (non-hydrogen) atoms. The first-order valence-electron chi connectivity index (χ1n) is 7.76. The third kappa shape index (κ3) is 3.40. The van der Waals surface area contributed by atoms with Gasteiger partial charge in [0, 0.05) is 25.7 Å². The van der Waals surface area contributed by atoms with Gasteiger partial charge in [-0.2, -0.15) is 0 Å². The minimum atomic E-state index is 0.152. The number of hydrogen-bond acceptors (Lipinski definition) is 3. The molecule has 3 nitrogen and oxygen atoms in total. The van der Waals surface area contributed by atoms with E-state index in [1.165, 1.54) is 5.56 Å². The third-order valence-corrected chi connectivity index (χ3v) is 4.85. The summed E-state index contributed by atoms with van der Waals surface area (Å²) in [6.45, 7) is 5.02. The first kappa shape index (κ1) is 15.5. The van der Waals surface area contributed by atoms with Crippen LogP contribution in [0.4, 0.5) is 0 Å². The molecule has 0 unspecified atom stereocenters. The molecule has 1 fully saturated rings. The average Bonchev–Trinajstić information content (AvgIpc) is 2.53. The molecular weight excluding hydrogens is 248 g/mol. The van der Waals surface area contributed by atoms with Gasteiger partial charge in [0.15, 0.2) is 0 Å². The average molecular weight is 276 g/mol. The monoisotopic (exact) mass is 276 g/mol.